The molecule has 5 nitrogen and oxygen atoms in total. The molecule has 0 aliphatic carbocycles. The van der Waals surface area contributed by atoms with Gasteiger partial charge in [0, 0.05) is 35.3 Å². The van der Waals surface area contributed by atoms with Gasteiger partial charge in [0.1, 0.15) is 22.7 Å². The minimum absolute atomic E-state index is 0.143. The van der Waals surface area contributed by atoms with Crippen LogP contribution in [0.5, 0.6) is 0 Å². The van der Waals surface area contributed by atoms with Gasteiger partial charge in [-0.15, -0.1) is 0 Å². The van der Waals surface area contributed by atoms with E-state index in [1.54, 1.807) is 26.1 Å². The standard InChI is InChI=1S/C20H18FNO4/c1-4-25-20(24)18-15-9-14(11(2)23)16(22-3)10-17(15)26-19(18)12-5-7-13(21)8-6-12/h5-10,22H,4H2,1-3H3. The Hall–Kier alpha value is -3.15. The fraction of sp³-hybridized carbons (Fsp3) is 0.200. The molecule has 134 valence electrons. The summed E-state index contributed by atoms with van der Waals surface area (Å²) in [6, 6.07) is 8.92. The van der Waals surface area contributed by atoms with Gasteiger partial charge in [0.15, 0.2) is 5.78 Å². The highest BCUT2D eigenvalue weighted by Gasteiger charge is 2.25. The molecule has 1 aromatic heterocycles. The minimum atomic E-state index is -0.558. The highest BCUT2D eigenvalue weighted by Crippen LogP contribution is 2.37. The second kappa shape index (κ2) is 7.00. The molecule has 0 saturated heterocycles. The van der Waals surface area contributed by atoms with Gasteiger partial charge >= 0.3 is 5.97 Å². The van der Waals surface area contributed by atoms with Crippen molar-refractivity contribution in [2.75, 3.05) is 19.0 Å². The number of carbonyl (C=O) groups is 2. The third-order valence-electron chi connectivity index (χ3n) is 4.06. The lowest BCUT2D eigenvalue weighted by Crippen LogP contribution is -2.06. The molecule has 0 atom stereocenters. The van der Waals surface area contributed by atoms with Crippen molar-refractivity contribution in [2.45, 2.75) is 13.8 Å². The van der Waals surface area contributed by atoms with E-state index in [9.17, 15) is 14.0 Å². The first-order valence-corrected chi connectivity index (χ1v) is 8.18. The molecule has 0 bridgehead atoms. The maximum atomic E-state index is 13.3. The van der Waals surface area contributed by atoms with Crippen LogP contribution in [0.2, 0.25) is 0 Å². The van der Waals surface area contributed by atoms with Gasteiger partial charge in [-0.2, -0.15) is 0 Å². The van der Waals surface area contributed by atoms with Crippen molar-refractivity contribution in [3.05, 3.63) is 53.3 Å². The molecule has 3 aromatic rings. The summed E-state index contributed by atoms with van der Waals surface area (Å²) in [6.07, 6.45) is 0. The van der Waals surface area contributed by atoms with E-state index in [1.807, 2.05) is 0 Å². The van der Waals surface area contributed by atoms with Crippen LogP contribution < -0.4 is 5.32 Å². The molecule has 2 aromatic carbocycles. The number of rotatable bonds is 5. The lowest BCUT2D eigenvalue weighted by atomic mass is 10.0. The lowest BCUT2D eigenvalue weighted by Gasteiger charge is -2.07. The summed E-state index contributed by atoms with van der Waals surface area (Å²) in [6.45, 7) is 3.35. The fourth-order valence-electron chi connectivity index (χ4n) is 2.85. The van der Waals surface area contributed by atoms with Crippen molar-refractivity contribution in [2.24, 2.45) is 0 Å². The van der Waals surface area contributed by atoms with Crippen molar-refractivity contribution in [3.63, 3.8) is 0 Å². The minimum Gasteiger partial charge on any atom is -0.462 e. The number of esters is 1. The van der Waals surface area contributed by atoms with E-state index in [1.165, 1.54) is 31.2 Å². The first-order chi connectivity index (χ1) is 12.5. The van der Waals surface area contributed by atoms with E-state index in [0.717, 1.165) is 0 Å². The predicted octanol–water partition coefficient (Wildman–Crippen LogP) is 4.66. The number of furan rings is 1. The molecule has 0 saturated carbocycles. The SMILES string of the molecule is CCOC(=O)c1c(-c2ccc(F)cc2)oc2cc(NC)c(C(C)=O)cc12. The number of anilines is 1. The Labute approximate surface area is 149 Å². The molecule has 0 radical (unpaired) electrons. The molecular weight excluding hydrogens is 337 g/mol. The number of benzene rings is 2. The molecule has 1 heterocycles. The van der Waals surface area contributed by atoms with Gasteiger partial charge in [0.2, 0.25) is 0 Å². The summed E-state index contributed by atoms with van der Waals surface area (Å²) in [7, 11) is 1.70. The Kier molecular flexibility index (Phi) is 4.75. The van der Waals surface area contributed by atoms with Gasteiger partial charge in [-0.25, -0.2) is 9.18 Å². The van der Waals surface area contributed by atoms with Crippen LogP contribution in [-0.2, 0) is 4.74 Å². The molecule has 6 heteroatoms. The number of nitrogens with one attached hydrogen (secondary N) is 1. The third-order valence-corrected chi connectivity index (χ3v) is 4.06. The number of carbonyl (C=O) groups excluding carboxylic acids is 2. The maximum Gasteiger partial charge on any atom is 0.342 e. The molecule has 0 spiro atoms. The van der Waals surface area contributed by atoms with Gasteiger partial charge in [-0.1, -0.05) is 0 Å². The number of ether oxygens (including phenoxy) is 1. The second-order valence-corrected chi connectivity index (χ2v) is 5.73. The van der Waals surface area contributed by atoms with Crippen LogP contribution in [0.3, 0.4) is 0 Å². The van der Waals surface area contributed by atoms with Crippen molar-refractivity contribution in [1.82, 2.24) is 0 Å². The van der Waals surface area contributed by atoms with E-state index in [-0.39, 0.29) is 29.5 Å². The molecule has 1 N–H and O–H groups in total. The van der Waals surface area contributed by atoms with E-state index in [4.69, 9.17) is 9.15 Å². The number of hydrogen-bond donors (Lipinski definition) is 1. The third kappa shape index (κ3) is 3.06. The summed E-state index contributed by atoms with van der Waals surface area (Å²) < 4.78 is 24.3. The Bertz CT molecular complexity index is 989. The molecule has 26 heavy (non-hydrogen) atoms. The normalized spacial score (nSPS) is 10.8. The van der Waals surface area contributed by atoms with Gasteiger partial charge in [0.05, 0.1) is 6.61 Å². The first kappa shape index (κ1) is 17.7. The number of fused-ring (bicyclic) bond motifs is 1. The van der Waals surface area contributed by atoms with Gasteiger partial charge in [0.25, 0.3) is 0 Å². The highest BCUT2D eigenvalue weighted by atomic mass is 19.1. The smallest absolute Gasteiger partial charge is 0.342 e. The molecule has 0 aliphatic rings. The molecule has 3 rings (SSSR count). The van der Waals surface area contributed by atoms with Crippen molar-refractivity contribution < 1.29 is 23.1 Å². The summed E-state index contributed by atoms with van der Waals surface area (Å²) in [5.74, 6) is -0.812. The van der Waals surface area contributed by atoms with Crippen LogP contribution in [0.15, 0.2) is 40.8 Å². The van der Waals surface area contributed by atoms with Crippen molar-refractivity contribution in [1.29, 1.82) is 0 Å². The van der Waals surface area contributed by atoms with Gasteiger partial charge < -0.3 is 14.5 Å². The van der Waals surface area contributed by atoms with Crippen LogP contribution in [-0.4, -0.2) is 25.4 Å². The van der Waals surface area contributed by atoms with Gasteiger partial charge in [-0.05, 0) is 44.2 Å². The lowest BCUT2D eigenvalue weighted by molar-refractivity contribution is 0.0528. The Morgan fingerprint density at radius 1 is 1.19 bits per heavy atom. The Balaban J connectivity index is 2.32. The van der Waals surface area contributed by atoms with E-state index in [0.29, 0.717) is 27.8 Å². The van der Waals surface area contributed by atoms with E-state index < -0.39 is 5.97 Å². The molecule has 0 unspecified atom stereocenters. The summed E-state index contributed by atoms with van der Waals surface area (Å²) in [5, 5.41) is 3.43. The predicted molar refractivity (Wildman–Crippen MR) is 97.1 cm³/mol. The van der Waals surface area contributed by atoms with Crippen LogP contribution in [0.4, 0.5) is 10.1 Å². The zero-order valence-corrected chi connectivity index (χ0v) is 14.7. The maximum absolute atomic E-state index is 13.3. The average Bonchev–Trinajstić information content (AvgIpc) is 2.99. The zero-order valence-electron chi connectivity index (χ0n) is 14.7. The zero-order chi connectivity index (χ0) is 18.8. The van der Waals surface area contributed by atoms with Crippen LogP contribution >= 0.6 is 0 Å². The van der Waals surface area contributed by atoms with Gasteiger partial charge in [-0.3, -0.25) is 4.79 Å². The van der Waals surface area contributed by atoms with E-state index >= 15 is 0 Å². The Morgan fingerprint density at radius 3 is 2.46 bits per heavy atom. The van der Waals surface area contributed by atoms with Crippen LogP contribution in [0, 0.1) is 5.82 Å². The summed E-state index contributed by atoms with van der Waals surface area (Å²) >= 11 is 0. The fourth-order valence-corrected chi connectivity index (χ4v) is 2.85. The highest BCUT2D eigenvalue weighted by molar-refractivity contribution is 6.12. The number of hydrogen-bond acceptors (Lipinski definition) is 5. The van der Waals surface area contributed by atoms with E-state index in [2.05, 4.69) is 5.32 Å². The number of halogens is 1. The number of ketones is 1. The van der Waals surface area contributed by atoms with Crippen molar-refractivity contribution in [3.8, 4) is 11.3 Å². The topological polar surface area (TPSA) is 68.5 Å². The van der Waals surface area contributed by atoms with Crippen LogP contribution in [0.25, 0.3) is 22.3 Å². The van der Waals surface area contributed by atoms with Crippen molar-refractivity contribution >= 4 is 28.4 Å². The molecule has 0 amide bonds. The summed E-state index contributed by atoms with van der Waals surface area (Å²) in [5.41, 5.74) is 2.23. The second-order valence-electron chi connectivity index (χ2n) is 5.73. The molecular formula is C20H18FNO4. The Morgan fingerprint density at radius 2 is 1.88 bits per heavy atom. The quantitative estimate of drug-likeness (QED) is 0.532. The average molecular weight is 355 g/mol. The monoisotopic (exact) mass is 355 g/mol. The van der Waals surface area contributed by atoms with Crippen LogP contribution in [0.1, 0.15) is 34.6 Å². The number of Topliss-reactive ketones (excluding diaryl/α,β-unsaturated/α-hetero) is 1. The summed E-state index contributed by atoms with van der Waals surface area (Å²) in [4.78, 5) is 24.5. The first-order valence-electron chi connectivity index (χ1n) is 8.18. The molecule has 0 fully saturated rings. The largest absolute Gasteiger partial charge is 0.462 e. The molecule has 0 aliphatic heterocycles.